The maximum atomic E-state index is 13.2. The third kappa shape index (κ3) is 8.77. The second-order valence-electron chi connectivity index (χ2n) is 9.69. The van der Waals surface area contributed by atoms with E-state index < -0.39 is 0 Å². The summed E-state index contributed by atoms with van der Waals surface area (Å²) < 4.78 is 6.75. The largest absolute Gasteiger partial charge is 0.498 e. The second-order valence-corrected chi connectivity index (χ2v) is 10.7. The summed E-state index contributed by atoms with van der Waals surface area (Å²) in [6.07, 6.45) is 10.4. The van der Waals surface area contributed by atoms with Crippen LogP contribution < -0.4 is 5.32 Å². The van der Waals surface area contributed by atoms with Gasteiger partial charge in [0.1, 0.15) is 0 Å². The van der Waals surface area contributed by atoms with Gasteiger partial charge in [-0.05, 0) is 55.4 Å². The molecular formula is C31H46N2O2S. The van der Waals surface area contributed by atoms with Crippen molar-refractivity contribution < 1.29 is 9.53 Å². The number of carbonyl (C=O) groups is 1. The lowest BCUT2D eigenvalue weighted by atomic mass is 9.99. The molecule has 4 nitrogen and oxygen atoms in total. The normalized spacial score (nSPS) is 15.9. The van der Waals surface area contributed by atoms with Gasteiger partial charge in [-0.2, -0.15) is 0 Å². The standard InChI is InChI=1S/C25H30N2O2S.C4H10.C2H6/c1-7-8-9-20-18(6)29-13-11-21(20)27-25(28)23-17(5)22-24(30-23)19(10-12-26-22)16(4)14-15(2)3;1-4(2)3;1-2/h7-10,12,14-15,21H,1,11,13H2,2-6H3,(H,27,28);4H,1-3H3;1-2H3/b9-8-,16-14+;;. The number of amides is 1. The fourth-order valence-electron chi connectivity index (χ4n) is 3.81. The highest BCUT2D eigenvalue weighted by atomic mass is 32.1. The molecule has 0 aliphatic carbocycles. The van der Waals surface area contributed by atoms with Crippen molar-refractivity contribution >= 4 is 33.0 Å². The molecule has 0 fully saturated rings. The minimum absolute atomic E-state index is 0.0591. The van der Waals surface area contributed by atoms with Crippen LogP contribution in [-0.2, 0) is 4.74 Å². The first-order chi connectivity index (χ1) is 17.1. The van der Waals surface area contributed by atoms with Gasteiger partial charge in [-0.15, -0.1) is 11.3 Å². The highest BCUT2D eigenvalue weighted by molar-refractivity contribution is 7.21. The van der Waals surface area contributed by atoms with Gasteiger partial charge >= 0.3 is 0 Å². The number of aryl methyl sites for hydroxylation is 1. The molecule has 0 bridgehead atoms. The summed E-state index contributed by atoms with van der Waals surface area (Å²) in [6.45, 7) is 25.2. The van der Waals surface area contributed by atoms with Crippen molar-refractivity contribution in [1.82, 2.24) is 10.3 Å². The Morgan fingerprint density at radius 2 is 1.86 bits per heavy atom. The Hall–Kier alpha value is -2.66. The Kier molecular flexibility index (Phi) is 13.5. The Balaban J connectivity index is 0.000000982. The highest BCUT2D eigenvalue weighted by Gasteiger charge is 2.25. The Morgan fingerprint density at radius 1 is 1.22 bits per heavy atom. The van der Waals surface area contributed by atoms with Crippen LogP contribution in [0.2, 0.25) is 0 Å². The zero-order chi connectivity index (χ0) is 27.4. The zero-order valence-corrected chi connectivity index (χ0v) is 24.8. The molecule has 2 aromatic rings. The molecule has 0 saturated heterocycles. The lowest BCUT2D eigenvalue weighted by molar-refractivity contribution is 0.0928. The van der Waals surface area contributed by atoms with Crippen LogP contribution >= 0.6 is 11.3 Å². The van der Waals surface area contributed by atoms with Crippen molar-refractivity contribution in [2.45, 2.75) is 81.7 Å². The third-order valence-electron chi connectivity index (χ3n) is 5.24. The van der Waals surface area contributed by atoms with E-state index in [0.717, 1.165) is 49.9 Å². The van der Waals surface area contributed by atoms with Crippen LogP contribution in [0.5, 0.6) is 0 Å². The molecule has 2 aromatic heterocycles. The fourth-order valence-corrected chi connectivity index (χ4v) is 5.06. The van der Waals surface area contributed by atoms with E-state index in [1.807, 2.05) is 52.1 Å². The van der Waals surface area contributed by atoms with Crippen LogP contribution in [0.25, 0.3) is 15.8 Å². The number of nitrogens with one attached hydrogen (secondary N) is 1. The summed E-state index contributed by atoms with van der Waals surface area (Å²) in [5, 5.41) is 3.21. The quantitative estimate of drug-likeness (QED) is 0.395. The predicted octanol–water partition coefficient (Wildman–Crippen LogP) is 8.89. The first-order valence-electron chi connectivity index (χ1n) is 13.1. The van der Waals surface area contributed by atoms with E-state index >= 15 is 0 Å². The molecule has 1 aliphatic rings. The summed E-state index contributed by atoms with van der Waals surface area (Å²) in [6, 6.07) is 1.96. The second kappa shape index (κ2) is 15.5. The number of hydrogen-bond donors (Lipinski definition) is 1. The molecule has 1 aliphatic heterocycles. The number of thiophene rings is 1. The molecule has 0 radical (unpaired) electrons. The SMILES string of the molecule is C=C/C=C\C1=C(C)OCCC1NC(=O)c1sc2c(/C(C)=C/C(C)C)ccnc2c1C.CC.CC(C)C. The van der Waals surface area contributed by atoms with Gasteiger partial charge in [0.05, 0.1) is 33.5 Å². The van der Waals surface area contributed by atoms with Gasteiger partial charge in [0.25, 0.3) is 5.91 Å². The van der Waals surface area contributed by atoms with E-state index in [1.54, 1.807) is 6.08 Å². The number of nitrogens with zero attached hydrogens (tertiary/aromatic N) is 1. The van der Waals surface area contributed by atoms with Crippen molar-refractivity contribution in [2.24, 2.45) is 11.8 Å². The number of rotatable bonds is 6. The lowest BCUT2D eigenvalue weighted by Crippen LogP contribution is -2.39. The van der Waals surface area contributed by atoms with Gasteiger partial charge in [0.15, 0.2) is 0 Å². The molecule has 0 aromatic carbocycles. The molecule has 1 N–H and O–H groups in total. The third-order valence-corrected chi connectivity index (χ3v) is 6.56. The van der Waals surface area contributed by atoms with Crippen LogP contribution in [0.15, 0.2) is 54.5 Å². The van der Waals surface area contributed by atoms with E-state index in [2.05, 4.69) is 64.5 Å². The molecule has 0 spiro atoms. The van der Waals surface area contributed by atoms with E-state index in [4.69, 9.17) is 4.74 Å². The molecule has 36 heavy (non-hydrogen) atoms. The summed E-state index contributed by atoms with van der Waals surface area (Å²) in [5.41, 5.74) is 5.19. The van der Waals surface area contributed by atoms with Gasteiger partial charge < -0.3 is 10.1 Å². The van der Waals surface area contributed by atoms with Crippen LogP contribution in [0.1, 0.15) is 89.5 Å². The summed E-state index contributed by atoms with van der Waals surface area (Å²) in [7, 11) is 0. The van der Waals surface area contributed by atoms with Gasteiger partial charge in [-0.25, -0.2) is 0 Å². The minimum atomic E-state index is -0.0814. The summed E-state index contributed by atoms with van der Waals surface area (Å²) >= 11 is 1.53. The topological polar surface area (TPSA) is 51.2 Å². The molecule has 1 amide bonds. The van der Waals surface area contributed by atoms with Crippen molar-refractivity contribution in [1.29, 1.82) is 0 Å². The Morgan fingerprint density at radius 3 is 2.44 bits per heavy atom. The smallest absolute Gasteiger partial charge is 0.262 e. The maximum Gasteiger partial charge on any atom is 0.262 e. The number of allylic oxidation sites excluding steroid dienone is 5. The molecule has 1 unspecified atom stereocenters. The predicted molar refractivity (Wildman–Crippen MR) is 159 cm³/mol. The minimum Gasteiger partial charge on any atom is -0.498 e. The number of ether oxygens (including phenoxy) is 1. The Bertz CT molecular complexity index is 1100. The van der Waals surface area contributed by atoms with Crippen molar-refractivity contribution in [3.05, 3.63) is 70.5 Å². The van der Waals surface area contributed by atoms with Gasteiger partial charge in [0.2, 0.25) is 0 Å². The summed E-state index contributed by atoms with van der Waals surface area (Å²) in [5.74, 6) is 2.08. The first kappa shape index (κ1) is 31.4. The van der Waals surface area contributed by atoms with Crippen LogP contribution in [0.3, 0.4) is 0 Å². The van der Waals surface area contributed by atoms with E-state index in [-0.39, 0.29) is 11.9 Å². The lowest BCUT2D eigenvalue weighted by Gasteiger charge is -2.26. The van der Waals surface area contributed by atoms with Crippen LogP contribution in [0, 0.1) is 18.8 Å². The van der Waals surface area contributed by atoms with E-state index in [1.165, 1.54) is 16.9 Å². The fraction of sp³-hybridized carbons (Fsp3) is 0.484. The van der Waals surface area contributed by atoms with Crippen LogP contribution in [0.4, 0.5) is 0 Å². The average molecular weight is 511 g/mol. The molecule has 5 heteroatoms. The monoisotopic (exact) mass is 510 g/mol. The Labute approximate surface area is 223 Å². The highest BCUT2D eigenvalue weighted by Crippen LogP contribution is 2.35. The molecule has 198 valence electrons. The van der Waals surface area contributed by atoms with Crippen molar-refractivity contribution in [2.75, 3.05) is 6.61 Å². The zero-order valence-electron chi connectivity index (χ0n) is 24.0. The van der Waals surface area contributed by atoms with Crippen LogP contribution in [-0.4, -0.2) is 23.5 Å². The van der Waals surface area contributed by atoms with Gasteiger partial charge in [-0.3, -0.25) is 9.78 Å². The molecule has 3 heterocycles. The van der Waals surface area contributed by atoms with Gasteiger partial charge in [-0.1, -0.05) is 79.3 Å². The molecule has 0 saturated carbocycles. The number of aromatic nitrogens is 1. The number of fused-ring (bicyclic) bond motifs is 1. The van der Waals surface area contributed by atoms with Crippen molar-refractivity contribution in [3.8, 4) is 0 Å². The first-order valence-corrected chi connectivity index (χ1v) is 13.9. The molecule has 3 rings (SSSR count). The maximum absolute atomic E-state index is 13.2. The number of hydrogen-bond acceptors (Lipinski definition) is 4. The number of carbonyl (C=O) groups excluding carboxylic acids is 1. The van der Waals surface area contributed by atoms with E-state index in [0.29, 0.717) is 12.5 Å². The average Bonchev–Trinajstić information content (AvgIpc) is 3.16. The van der Waals surface area contributed by atoms with Crippen molar-refractivity contribution in [3.63, 3.8) is 0 Å². The molecular weight excluding hydrogens is 464 g/mol. The molecule has 1 atom stereocenters. The summed E-state index contributed by atoms with van der Waals surface area (Å²) in [4.78, 5) is 18.5. The van der Waals surface area contributed by atoms with E-state index in [9.17, 15) is 4.79 Å². The van der Waals surface area contributed by atoms with Gasteiger partial charge in [0, 0.05) is 18.2 Å². The number of pyridine rings is 1.